The first-order chi connectivity index (χ1) is 13.7. The van der Waals surface area contributed by atoms with Gasteiger partial charge in [0.25, 0.3) is 0 Å². The minimum absolute atomic E-state index is 0.0817. The predicted octanol–water partition coefficient (Wildman–Crippen LogP) is 4.70. The molecule has 1 N–H and O–H groups in total. The third-order valence-electron chi connectivity index (χ3n) is 3.91. The van der Waals surface area contributed by atoms with Gasteiger partial charge in [0, 0.05) is 18.7 Å². The van der Waals surface area contributed by atoms with Crippen LogP contribution in [0.5, 0.6) is 11.5 Å². The van der Waals surface area contributed by atoms with Gasteiger partial charge in [-0.2, -0.15) is 13.2 Å². The highest BCUT2D eigenvalue weighted by Crippen LogP contribution is 2.35. The second-order valence-corrected chi connectivity index (χ2v) is 6.12. The van der Waals surface area contributed by atoms with Crippen LogP contribution >= 0.6 is 0 Å². The largest absolute Gasteiger partial charge is 0.496 e. The molecule has 2 aromatic carbocycles. The molecule has 0 aromatic heterocycles. The van der Waals surface area contributed by atoms with E-state index in [4.69, 9.17) is 14.2 Å². The number of carbonyl (C=O) groups excluding carboxylic acids is 1. The number of alkyl halides is 3. The molecule has 29 heavy (non-hydrogen) atoms. The molecule has 0 unspecified atom stereocenters. The summed E-state index contributed by atoms with van der Waals surface area (Å²) < 4.78 is 54.6. The van der Waals surface area contributed by atoms with E-state index >= 15 is 0 Å². The molecule has 2 rings (SSSR count). The van der Waals surface area contributed by atoms with Crippen LogP contribution in [0, 0.1) is 6.92 Å². The Labute approximate surface area is 167 Å². The molecule has 1 amide bonds. The lowest BCUT2D eigenvalue weighted by atomic mass is 10.1. The van der Waals surface area contributed by atoms with E-state index in [9.17, 15) is 18.0 Å². The normalized spacial score (nSPS) is 11.5. The summed E-state index contributed by atoms with van der Waals surface area (Å²) in [6, 6.07) is 8.35. The van der Waals surface area contributed by atoms with Crippen LogP contribution in [0.4, 0.5) is 18.9 Å². The van der Waals surface area contributed by atoms with Crippen molar-refractivity contribution in [2.24, 2.45) is 0 Å². The smallest absolute Gasteiger partial charge is 0.416 e. The lowest BCUT2D eigenvalue weighted by Gasteiger charge is -2.14. The van der Waals surface area contributed by atoms with Gasteiger partial charge in [0.2, 0.25) is 5.91 Å². The van der Waals surface area contributed by atoms with Crippen molar-refractivity contribution in [3.63, 3.8) is 0 Å². The van der Waals surface area contributed by atoms with Crippen LogP contribution in [0.25, 0.3) is 6.08 Å². The summed E-state index contributed by atoms with van der Waals surface area (Å²) in [5, 5.41) is 2.44. The number of amides is 1. The Morgan fingerprint density at radius 1 is 1.07 bits per heavy atom. The molecular formula is C21H22F3NO4. The molecule has 0 atom stereocenters. The zero-order chi connectivity index (χ0) is 21.4. The summed E-state index contributed by atoms with van der Waals surface area (Å²) in [5.74, 6) is 0.0803. The third-order valence-corrected chi connectivity index (χ3v) is 3.91. The second-order valence-electron chi connectivity index (χ2n) is 6.12. The Morgan fingerprint density at radius 3 is 2.45 bits per heavy atom. The molecule has 0 heterocycles. The van der Waals surface area contributed by atoms with Gasteiger partial charge in [0.05, 0.1) is 25.0 Å². The zero-order valence-electron chi connectivity index (χ0n) is 16.3. The highest BCUT2D eigenvalue weighted by atomic mass is 19.4. The van der Waals surface area contributed by atoms with Gasteiger partial charge >= 0.3 is 6.18 Å². The van der Waals surface area contributed by atoms with E-state index in [1.165, 1.54) is 32.4 Å². The lowest BCUT2D eigenvalue weighted by Crippen LogP contribution is -2.13. The van der Waals surface area contributed by atoms with Crippen LogP contribution in [0.2, 0.25) is 0 Å². The maximum Gasteiger partial charge on any atom is 0.416 e. The van der Waals surface area contributed by atoms with Gasteiger partial charge in [-0.1, -0.05) is 11.6 Å². The first-order valence-corrected chi connectivity index (χ1v) is 8.71. The summed E-state index contributed by atoms with van der Waals surface area (Å²) in [6.45, 7) is 2.27. The number of hydrogen-bond donors (Lipinski definition) is 1. The fourth-order valence-corrected chi connectivity index (χ4v) is 2.49. The van der Waals surface area contributed by atoms with Gasteiger partial charge in [0.1, 0.15) is 18.1 Å². The van der Waals surface area contributed by atoms with Gasteiger partial charge in [0.15, 0.2) is 0 Å². The van der Waals surface area contributed by atoms with E-state index < -0.39 is 17.6 Å². The second kappa shape index (κ2) is 9.97. The van der Waals surface area contributed by atoms with Crippen LogP contribution in [0.3, 0.4) is 0 Å². The van der Waals surface area contributed by atoms with Gasteiger partial charge in [-0.25, -0.2) is 0 Å². The molecule has 0 radical (unpaired) electrons. The summed E-state index contributed by atoms with van der Waals surface area (Å²) >= 11 is 0. The van der Waals surface area contributed by atoms with Crippen LogP contribution in [0.1, 0.15) is 16.7 Å². The Bertz CT molecular complexity index is 879. The van der Waals surface area contributed by atoms with E-state index in [0.29, 0.717) is 11.3 Å². The number of carbonyl (C=O) groups is 1. The van der Waals surface area contributed by atoms with Crippen LogP contribution in [-0.2, 0) is 15.7 Å². The van der Waals surface area contributed by atoms with E-state index in [0.717, 1.165) is 17.7 Å². The fraction of sp³-hybridized carbons (Fsp3) is 0.286. The monoisotopic (exact) mass is 409 g/mol. The first-order valence-electron chi connectivity index (χ1n) is 8.71. The molecular weight excluding hydrogens is 387 g/mol. The molecule has 5 nitrogen and oxygen atoms in total. The molecule has 0 saturated heterocycles. The van der Waals surface area contributed by atoms with Crippen LogP contribution in [-0.4, -0.2) is 33.3 Å². The maximum absolute atomic E-state index is 13.0. The van der Waals surface area contributed by atoms with Crippen molar-refractivity contribution in [3.05, 3.63) is 59.2 Å². The molecule has 0 aliphatic carbocycles. The number of hydrogen-bond acceptors (Lipinski definition) is 4. The number of ether oxygens (including phenoxy) is 3. The van der Waals surface area contributed by atoms with Crippen LogP contribution < -0.4 is 14.8 Å². The zero-order valence-corrected chi connectivity index (χ0v) is 16.3. The third kappa shape index (κ3) is 6.53. The van der Waals surface area contributed by atoms with Crippen LogP contribution in [0.15, 0.2) is 42.5 Å². The van der Waals surface area contributed by atoms with E-state index in [1.807, 2.05) is 19.1 Å². The van der Waals surface area contributed by atoms with Gasteiger partial charge in [-0.15, -0.1) is 0 Å². The Balaban J connectivity index is 2.24. The average molecular weight is 409 g/mol. The minimum Gasteiger partial charge on any atom is -0.496 e. The molecule has 0 spiro atoms. The SMILES string of the molecule is COCCOc1ccc(C(F)(F)F)cc1NC(=O)/C=C/c1cc(C)ccc1OC. The lowest BCUT2D eigenvalue weighted by molar-refractivity contribution is -0.137. The summed E-state index contributed by atoms with van der Waals surface area (Å²) in [4.78, 5) is 12.3. The van der Waals surface area contributed by atoms with Gasteiger partial charge in [-0.3, -0.25) is 4.79 Å². The van der Waals surface area contributed by atoms with Crippen molar-refractivity contribution in [1.82, 2.24) is 0 Å². The summed E-state index contributed by atoms with van der Waals surface area (Å²) in [6.07, 6.45) is -1.80. The Kier molecular flexibility index (Phi) is 7.67. The van der Waals surface area contributed by atoms with E-state index in [1.54, 1.807) is 6.07 Å². The number of benzene rings is 2. The molecule has 0 aliphatic heterocycles. The highest BCUT2D eigenvalue weighted by Gasteiger charge is 2.31. The number of anilines is 1. The Hall–Kier alpha value is -3.00. The van der Waals surface area contributed by atoms with Gasteiger partial charge in [-0.05, 0) is 43.3 Å². The van der Waals surface area contributed by atoms with Crippen molar-refractivity contribution in [3.8, 4) is 11.5 Å². The molecule has 0 bridgehead atoms. The number of nitrogens with one attached hydrogen (secondary N) is 1. The number of halogens is 3. The molecule has 0 aliphatic rings. The molecule has 0 fully saturated rings. The van der Waals surface area contributed by atoms with Crippen molar-refractivity contribution in [2.75, 3.05) is 32.8 Å². The van der Waals surface area contributed by atoms with Crippen molar-refractivity contribution < 1.29 is 32.2 Å². The molecule has 0 saturated carbocycles. The van der Waals surface area contributed by atoms with Crippen molar-refractivity contribution in [2.45, 2.75) is 13.1 Å². The van der Waals surface area contributed by atoms with E-state index in [2.05, 4.69) is 5.32 Å². The average Bonchev–Trinajstić information content (AvgIpc) is 2.67. The topological polar surface area (TPSA) is 56.8 Å². The minimum atomic E-state index is -4.55. The molecule has 2 aromatic rings. The quantitative estimate of drug-likeness (QED) is 0.507. The first kappa shape index (κ1) is 22.3. The number of rotatable bonds is 8. The summed E-state index contributed by atoms with van der Waals surface area (Å²) in [5.41, 5.74) is 0.666. The van der Waals surface area contributed by atoms with Crippen molar-refractivity contribution in [1.29, 1.82) is 0 Å². The van der Waals surface area contributed by atoms with E-state index in [-0.39, 0.29) is 24.7 Å². The summed E-state index contributed by atoms with van der Waals surface area (Å²) in [7, 11) is 2.98. The number of methoxy groups -OCH3 is 2. The van der Waals surface area contributed by atoms with Crippen molar-refractivity contribution >= 4 is 17.7 Å². The fourth-order valence-electron chi connectivity index (χ4n) is 2.49. The maximum atomic E-state index is 13.0. The molecule has 156 valence electrons. The highest BCUT2D eigenvalue weighted by molar-refractivity contribution is 6.03. The Morgan fingerprint density at radius 2 is 1.79 bits per heavy atom. The van der Waals surface area contributed by atoms with Gasteiger partial charge < -0.3 is 19.5 Å². The molecule has 8 heteroatoms. The predicted molar refractivity (Wildman–Crippen MR) is 104 cm³/mol. The number of aryl methyl sites for hydroxylation is 1. The standard InChI is InChI=1S/C21H22F3NO4/c1-14-4-7-18(28-3)15(12-14)5-9-20(26)25-17-13-16(21(22,23)24)6-8-19(17)29-11-10-27-2/h4-9,12-13H,10-11H2,1-3H3,(H,25,26)/b9-5+.